The molecule has 3 unspecified atom stereocenters. The van der Waals surface area contributed by atoms with Gasteiger partial charge in [-0.15, -0.1) is 0 Å². The first-order valence-electron chi connectivity index (χ1n) is 16.5. The molecule has 10 nitrogen and oxygen atoms in total. The Labute approximate surface area is 271 Å². The number of carbonyl (C=O) groups excluding carboxylic acids is 3. The van der Waals surface area contributed by atoms with Gasteiger partial charge < -0.3 is 19.8 Å². The van der Waals surface area contributed by atoms with Crippen LogP contribution in [0, 0.1) is 0 Å². The Balaban J connectivity index is 1.18. The van der Waals surface area contributed by atoms with Crippen molar-refractivity contribution < 1.29 is 23.9 Å². The van der Waals surface area contributed by atoms with Crippen LogP contribution in [0.1, 0.15) is 96.6 Å². The van der Waals surface area contributed by atoms with Crippen LogP contribution in [0.3, 0.4) is 0 Å². The molecule has 0 spiro atoms. The molecular weight excluding hydrogens is 582 g/mol. The van der Waals surface area contributed by atoms with Gasteiger partial charge in [0.15, 0.2) is 0 Å². The lowest BCUT2D eigenvalue weighted by Gasteiger charge is -2.28. The van der Waals surface area contributed by atoms with Gasteiger partial charge in [-0.3, -0.25) is 14.6 Å². The number of hydrogen-bond donors (Lipinski definition) is 2. The number of rotatable bonds is 9. The molecule has 0 saturated carbocycles. The zero-order valence-corrected chi connectivity index (χ0v) is 27.7. The van der Waals surface area contributed by atoms with E-state index in [-0.39, 0.29) is 24.1 Å². The van der Waals surface area contributed by atoms with E-state index in [4.69, 9.17) is 9.47 Å². The van der Waals surface area contributed by atoms with Crippen molar-refractivity contribution in [3.63, 3.8) is 0 Å². The first-order valence-corrected chi connectivity index (χ1v) is 16.5. The Kier molecular flexibility index (Phi) is 10.3. The summed E-state index contributed by atoms with van der Waals surface area (Å²) in [4.78, 5) is 49.8. The summed E-state index contributed by atoms with van der Waals surface area (Å²) in [6.45, 7) is 11.1. The SMILES string of the molecule is CCCCOC(=O)N1CCCC1c1ncc(-c2ccc(-c3ccc(C(C)NC(=O)C4CCCN4C(=O)OC(C)(C)C)cc3)cc2)[nH]1. The van der Waals surface area contributed by atoms with Crippen LogP contribution in [0.5, 0.6) is 0 Å². The Morgan fingerprint density at radius 1 is 0.935 bits per heavy atom. The van der Waals surface area contributed by atoms with E-state index in [1.165, 1.54) is 0 Å². The molecular formula is C36H47N5O5. The van der Waals surface area contributed by atoms with E-state index < -0.39 is 17.7 Å². The molecule has 2 N–H and O–H groups in total. The molecule has 0 radical (unpaired) electrons. The van der Waals surface area contributed by atoms with E-state index in [0.717, 1.165) is 65.9 Å². The van der Waals surface area contributed by atoms with Crippen molar-refractivity contribution in [3.05, 3.63) is 66.1 Å². The van der Waals surface area contributed by atoms with Gasteiger partial charge in [-0.05, 0) is 82.1 Å². The molecule has 2 aliphatic heterocycles. The molecule has 5 rings (SSSR count). The van der Waals surface area contributed by atoms with Gasteiger partial charge in [0.2, 0.25) is 5.91 Å². The molecule has 2 aromatic carbocycles. The van der Waals surface area contributed by atoms with Gasteiger partial charge in [0.05, 0.1) is 30.6 Å². The minimum Gasteiger partial charge on any atom is -0.449 e. The van der Waals surface area contributed by atoms with Crippen LogP contribution in [0.4, 0.5) is 9.59 Å². The number of ether oxygens (including phenoxy) is 2. The predicted octanol–water partition coefficient (Wildman–Crippen LogP) is 7.39. The topological polar surface area (TPSA) is 117 Å². The first-order chi connectivity index (χ1) is 22.0. The Morgan fingerprint density at radius 2 is 1.57 bits per heavy atom. The maximum atomic E-state index is 13.1. The van der Waals surface area contributed by atoms with Crippen LogP contribution < -0.4 is 5.32 Å². The maximum absolute atomic E-state index is 13.1. The highest BCUT2D eigenvalue weighted by Crippen LogP contribution is 2.33. The average Bonchev–Trinajstić information content (AvgIpc) is 3.81. The summed E-state index contributed by atoms with van der Waals surface area (Å²) in [7, 11) is 0. The van der Waals surface area contributed by atoms with E-state index in [1.807, 2.05) is 46.0 Å². The molecule has 2 fully saturated rings. The van der Waals surface area contributed by atoms with Crippen LogP contribution in [-0.2, 0) is 14.3 Å². The largest absolute Gasteiger partial charge is 0.449 e. The van der Waals surface area contributed by atoms with Gasteiger partial charge in [0, 0.05) is 13.1 Å². The van der Waals surface area contributed by atoms with Gasteiger partial charge in [-0.2, -0.15) is 0 Å². The smallest absolute Gasteiger partial charge is 0.410 e. The van der Waals surface area contributed by atoms with E-state index in [9.17, 15) is 14.4 Å². The van der Waals surface area contributed by atoms with Crippen LogP contribution in [0.15, 0.2) is 54.7 Å². The number of nitrogens with one attached hydrogen (secondary N) is 2. The number of likely N-dealkylation sites (tertiary alicyclic amines) is 2. The van der Waals surface area contributed by atoms with Crippen LogP contribution in [0.25, 0.3) is 22.4 Å². The maximum Gasteiger partial charge on any atom is 0.410 e. The summed E-state index contributed by atoms with van der Waals surface area (Å²) in [6.07, 6.45) is 6.15. The number of unbranched alkanes of at least 4 members (excludes halogenated alkanes) is 1. The standard InChI is InChI=1S/C36H47N5O5/c1-6-7-22-45-34(43)40-20-8-10-30(40)32-37-23-29(39-32)28-18-16-27(17-19-28)26-14-12-25(13-15-26)24(2)38-33(42)31-11-9-21-41(31)35(44)46-36(3,4)5/h12-19,23-24,30-31H,6-11,20-22H2,1-5H3,(H,37,39)(H,38,42). The second-order valence-electron chi connectivity index (χ2n) is 13.3. The highest BCUT2D eigenvalue weighted by Gasteiger charge is 2.37. The lowest BCUT2D eigenvalue weighted by Crippen LogP contribution is -2.48. The molecule has 246 valence electrons. The fourth-order valence-corrected chi connectivity index (χ4v) is 6.09. The number of carbonyl (C=O) groups is 3. The molecule has 3 atom stereocenters. The highest BCUT2D eigenvalue weighted by atomic mass is 16.6. The summed E-state index contributed by atoms with van der Waals surface area (Å²) < 4.78 is 11.0. The van der Waals surface area contributed by atoms with E-state index >= 15 is 0 Å². The van der Waals surface area contributed by atoms with Gasteiger partial charge in [-0.1, -0.05) is 61.9 Å². The summed E-state index contributed by atoms with van der Waals surface area (Å²) in [5.41, 5.74) is 4.42. The summed E-state index contributed by atoms with van der Waals surface area (Å²) in [5.74, 6) is 0.622. The third-order valence-electron chi connectivity index (χ3n) is 8.60. The van der Waals surface area contributed by atoms with E-state index in [2.05, 4.69) is 58.6 Å². The molecule has 2 aliphatic rings. The van der Waals surface area contributed by atoms with Crippen LogP contribution in [-0.4, -0.2) is 69.2 Å². The number of H-pyrrole nitrogens is 1. The molecule has 46 heavy (non-hydrogen) atoms. The molecule has 3 amide bonds. The minimum absolute atomic E-state index is 0.102. The van der Waals surface area contributed by atoms with Crippen molar-refractivity contribution >= 4 is 18.1 Å². The fourth-order valence-electron chi connectivity index (χ4n) is 6.09. The van der Waals surface area contributed by atoms with Crippen LogP contribution in [0.2, 0.25) is 0 Å². The summed E-state index contributed by atoms with van der Waals surface area (Å²) >= 11 is 0. The highest BCUT2D eigenvalue weighted by molar-refractivity contribution is 5.86. The molecule has 10 heteroatoms. The summed E-state index contributed by atoms with van der Waals surface area (Å²) in [5, 5.41) is 3.09. The Bertz CT molecular complexity index is 1490. The molecule has 1 aromatic heterocycles. The number of aromatic nitrogens is 2. The van der Waals surface area contributed by atoms with E-state index in [0.29, 0.717) is 26.1 Å². The molecule has 0 aliphatic carbocycles. The quantitative estimate of drug-likeness (QED) is 0.238. The van der Waals surface area contributed by atoms with Gasteiger partial charge in [0.1, 0.15) is 17.5 Å². The molecule has 2 saturated heterocycles. The third-order valence-corrected chi connectivity index (χ3v) is 8.60. The molecule has 0 bridgehead atoms. The lowest BCUT2D eigenvalue weighted by molar-refractivity contribution is -0.126. The number of imidazole rings is 1. The zero-order valence-electron chi connectivity index (χ0n) is 27.7. The number of aromatic amines is 1. The van der Waals surface area contributed by atoms with E-state index in [1.54, 1.807) is 9.80 Å². The van der Waals surface area contributed by atoms with Crippen molar-refractivity contribution in [2.75, 3.05) is 19.7 Å². The van der Waals surface area contributed by atoms with Gasteiger partial charge in [0.25, 0.3) is 0 Å². The number of hydrogen-bond acceptors (Lipinski definition) is 6. The lowest BCUT2D eigenvalue weighted by atomic mass is 10.00. The molecule has 3 aromatic rings. The van der Waals surface area contributed by atoms with Gasteiger partial charge >= 0.3 is 12.2 Å². The van der Waals surface area contributed by atoms with Crippen molar-refractivity contribution in [1.29, 1.82) is 0 Å². The average molecular weight is 630 g/mol. The fraction of sp³-hybridized carbons (Fsp3) is 0.500. The summed E-state index contributed by atoms with van der Waals surface area (Å²) in [6, 6.07) is 15.6. The van der Waals surface area contributed by atoms with Crippen molar-refractivity contribution in [2.24, 2.45) is 0 Å². The van der Waals surface area contributed by atoms with Crippen LogP contribution >= 0.6 is 0 Å². The molecule has 3 heterocycles. The number of nitrogens with zero attached hydrogens (tertiary/aromatic N) is 3. The van der Waals surface area contributed by atoms with Crippen molar-refractivity contribution in [1.82, 2.24) is 25.1 Å². The Hall–Kier alpha value is -4.34. The van der Waals surface area contributed by atoms with Gasteiger partial charge in [-0.25, -0.2) is 14.6 Å². The second-order valence-corrected chi connectivity index (χ2v) is 13.3. The minimum atomic E-state index is -0.609. The normalized spacial score (nSPS) is 18.8. The zero-order chi connectivity index (χ0) is 32.8. The number of amides is 3. The van der Waals surface area contributed by atoms with Crippen molar-refractivity contribution in [3.8, 4) is 22.4 Å². The Morgan fingerprint density at radius 3 is 2.24 bits per heavy atom. The third kappa shape index (κ3) is 7.89. The second kappa shape index (κ2) is 14.4. The first kappa shape index (κ1) is 33.0. The predicted molar refractivity (Wildman–Crippen MR) is 177 cm³/mol. The van der Waals surface area contributed by atoms with Crippen molar-refractivity contribution in [2.45, 2.75) is 96.9 Å². The monoisotopic (exact) mass is 629 g/mol. The number of benzene rings is 2.